The molecule has 4 fully saturated rings. The van der Waals surface area contributed by atoms with Gasteiger partial charge in [-0.25, -0.2) is 0 Å². The molecule has 4 heterocycles. The molecule has 0 aliphatic carbocycles. The van der Waals surface area contributed by atoms with Gasteiger partial charge in [0, 0.05) is 193 Å². The number of aliphatic hydroxyl groups is 2. The number of hydrogen-bond donors (Lipinski definition) is 4. The summed E-state index contributed by atoms with van der Waals surface area (Å²) in [6, 6.07) is 49.2. The Morgan fingerprint density at radius 2 is 0.628 bits per heavy atom. The molecule has 4 aliphatic heterocycles. The van der Waals surface area contributed by atoms with Gasteiger partial charge < -0.3 is 44.6 Å². The van der Waals surface area contributed by atoms with E-state index in [1.165, 1.54) is 27.7 Å². The van der Waals surface area contributed by atoms with Crippen molar-refractivity contribution in [1.82, 2.24) is 29.8 Å². The molecule has 0 spiro atoms. The SMILES string of the molecule is CC.CC.CC(=O)CO.CC(=O)CO.CC(=O)N1CC(N2CCN([C-]=O)CC2)C1.CC(C)=O.CS.CSC.CSC.CSC.O=[C-]N1CCN(C2CNC2)CC1.[B]B([B])[B].[Y].[Y].c1ccccc1.c1ccccc1.c1ccccc1.c1ccccc1. The normalized spacial score (nSPS) is 12.4. The first-order valence-corrected chi connectivity index (χ1v) is 33.4. The standard InChI is InChI=1S/C10H16N3O2.C8H14N3O.4C6H6.2C3H6O2.C3H6O.3C2H6S.2C2H6.CH4S.B4.2Y/c1-9(15)13-6-10(7-13)12-4-2-11(8-14)3-5-12;12-7-10-1-3-11(4-2-10)8-5-9-6-8;4*1-2-4-6-5-3-1;2*1-3(5)2-4;1-3(2)4;3*1-3-2;3*1-2;1-4(2)3;;/h10H,2-7H2,1H3;8-9H,1-6H2;4*1-6H;2*4H,2H2,1H3;1-2H3;3*1-2H3;2*1-2H3;2H,1H3;;;/q2*-1;;;;;;;;;;;;;;;;. The number of aliphatic hydroxyl groups excluding tert-OH is 2. The van der Waals surface area contributed by atoms with E-state index in [0.29, 0.717) is 6.04 Å². The van der Waals surface area contributed by atoms with Gasteiger partial charge in [-0.15, -0.1) is 0 Å². The predicted molar refractivity (Wildman–Crippen MR) is 377 cm³/mol. The van der Waals surface area contributed by atoms with Crippen molar-refractivity contribution >= 4 is 114 Å². The zero-order valence-corrected chi connectivity index (χ0v) is 64.1. The van der Waals surface area contributed by atoms with Crippen LogP contribution in [-0.4, -0.2) is 248 Å². The first-order valence-electron chi connectivity index (χ1n) is 27.7. The predicted octanol–water partition coefficient (Wildman–Crippen LogP) is 8.03. The number of thiol groups is 1. The van der Waals surface area contributed by atoms with E-state index < -0.39 is 6.39 Å². The van der Waals surface area contributed by atoms with E-state index in [1.807, 2.05) is 229 Å². The number of ketones is 3. The van der Waals surface area contributed by atoms with Gasteiger partial charge in [0.2, 0.25) is 5.91 Å². The number of rotatable bonds is 6. The zero-order chi connectivity index (χ0) is 66.0. The summed E-state index contributed by atoms with van der Waals surface area (Å²) in [6.07, 6.45) is 17.1. The van der Waals surface area contributed by atoms with E-state index in [2.05, 4.69) is 51.0 Å². The number of nitrogens with zero attached hydrogens (tertiary/aromatic N) is 5. The maximum atomic E-state index is 11.0. The number of amides is 3. The van der Waals surface area contributed by atoms with E-state index in [9.17, 15) is 28.8 Å². The fourth-order valence-electron chi connectivity index (χ4n) is 5.37. The van der Waals surface area contributed by atoms with Crippen LogP contribution in [-0.2, 0) is 94.2 Å². The van der Waals surface area contributed by atoms with Gasteiger partial charge in [-0.3, -0.25) is 24.2 Å². The molecule has 0 aromatic heterocycles. The molecule has 4 aromatic carbocycles. The number of hydrogen-bond acceptors (Lipinski definition) is 15. The van der Waals surface area contributed by atoms with Gasteiger partial charge in [0.1, 0.15) is 19.0 Å². The minimum Gasteiger partial charge on any atom is -0.520 e. The molecule has 4 aliphatic rings. The van der Waals surface area contributed by atoms with Crippen molar-refractivity contribution in [2.75, 3.05) is 136 Å². The van der Waals surface area contributed by atoms with Gasteiger partial charge in [-0.2, -0.15) is 60.7 Å². The van der Waals surface area contributed by atoms with Gasteiger partial charge in [-0.1, -0.05) is 173 Å². The van der Waals surface area contributed by atoms with Gasteiger partial charge in [0.15, 0.2) is 11.6 Å². The summed E-state index contributed by atoms with van der Waals surface area (Å²) in [7, 11) is 14.0. The van der Waals surface area contributed by atoms with Crippen molar-refractivity contribution in [1.29, 1.82) is 0 Å². The molecule has 8 radical (unpaired) electrons. The molecular weight excluding hydrogens is 1310 g/mol. The number of nitrogens with one attached hydrogen (secondary N) is 1. The summed E-state index contributed by atoms with van der Waals surface area (Å²) in [5, 5.41) is 18.8. The first kappa shape index (κ1) is 106. The number of carbonyl (C=O) groups is 4. The van der Waals surface area contributed by atoms with Crippen LogP contribution in [0.3, 0.4) is 0 Å². The second kappa shape index (κ2) is 91.7. The Balaban J connectivity index is -0.0000000932. The zero-order valence-electron chi connectivity index (χ0n) is 55.1. The molecular formula is C62H106B4N6O8S4Y2-2. The number of Topliss-reactive ketones (excluding diaryl/α,β-unsaturated/α-hetero) is 3. The van der Waals surface area contributed by atoms with Crippen molar-refractivity contribution in [2.45, 2.75) is 74.4 Å². The second-order valence-electron chi connectivity index (χ2n) is 16.7. The molecule has 3 amide bonds. The molecule has 4 saturated heterocycles. The average molecular weight is 1410 g/mol. The number of carbonyl (C=O) groups excluding carboxylic acids is 6. The fraction of sp³-hybridized carbons (Fsp3) is 0.516. The summed E-state index contributed by atoms with van der Waals surface area (Å²) in [4.78, 5) is 70.3. The quantitative estimate of drug-likeness (QED) is 0.0831. The Labute approximate surface area is 597 Å². The van der Waals surface area contributed by atoms with E-state index in [4.69, 9.17) is 10.2 Å². The Morgan fingerprint density at radius 3 is 0.744 bits per heavy atom. The summed E-state index contributed by atoms with van der Waals surface area (Å²) >= 11 is 8.78. The van der Waals surface area contributed by atoms with E-state index >= 15 is 0 Å². The van der Waals surface area contributed by atoms with E-state index in [1.54, 1.807) is 58.3 Å². The number of benzene rings is 4. The molecule has 0 bridgehead atoms. The molecule has 86 heavy (non-hydrogen) atoms. The van der Waals surface area contributed by atoms with Crippen LogP contribution in [0.15, 0.2) is 146 Å². The molecule has 476 valence electrons. The van der Waals surface area contributed by atoms with Crippen molar-refractivity contribution in [3.05, 3.63) is 146 Å². The van der Waals surface area contributed by atoms with Crippen molar-refractivity contribution < 1.29 is 104 Å². The van der Waals surface area contributed by atoms with Crippen molar-refractivity contribution in [2.24, 2.45) is 0 Å². The molecule has 0 saturated carbocycles. The fourth-order valence-corrected chi connectivity index (χ4v) is 5.37. The van der Waals surface area contributed by atoms with Gasteiger partial charge in [-0.05, 0) is 71.5 Å². The van der Waals surface area contributed by atoms with Crippen LogP contribution in [0.2, 0.25) is 0 Å². The van der Waals surface area contributed by atoms with Crippen LogP contribution in [0.4, 0.5) is 0 Å². The van der Waals surface area contributed by atoms with Crippen LogP contribution in [0.25, 0.3) is 0 Å². The molecule has 0 atom stereocenters. The van der Waals surface area contributed by atoms with Crippen LogP contribution in [0, 0.1) is 0 Å². The molecule has 3 N–H and O–H groups in total. The topological polar surface area (TPSA) is 171 Å². The van der Waals surface area contributed by atoms with Gasteiger partial charge in [0.25, 0.3) is 0 Å². The number of piperazine rings is 2. The molecule has 0 unspecified atom stereocenters. The van der Waals surface area contributed by atoms with E-state index in [0.717, 1.165) is 84.6 Å². The first-order chi connectivity index (χ1) is 40.3. The molecule has 24 heteroatoms. The third-order valence-electron chi connectivity index (χ3n) is 9.10. The average Bonchev–Trinajstić information content (AvgIpc) is 3.25. The Morgan fingerprint density at radius 1 is 0.465 bits per heavy atom. The van der Waals surface area contributed by atoms with Gasteiger partial charge >= 0.3 is 0 Å². The monoisotopic (exact) mass is 1410 g/mol. The Bertz CT molecular complexity index is 1620. The third kappa shape index (κ3) is 93.1. The van der Waals surface area contributed by atoms with Crippen LogP contribution >= 0.6 is 47.9 Å². The maximum Gasteiger partial charge on any atom is 0.219 e. The molecule has 8 rings (SSSR count). The Hall–Kier alpha value is -2.03. The molecule has 14 nitrogen and oxygen atoms in total. The minimum absolute atomic E-state index is 0. The summed E-state index contributed by atoms with van der Waals surface area (Å²) in [5.74, 6) is -0.0545. The smallest absolute Gasteiger partial charge is 0.219 e. The van der Waals surface area contributed by atoms with Crippen LogP contribution in [0.1, 0.15) is 62.3 Å². The summed E-state index contributed by atoms with van der Waals surface area (Å²) in [6.45, 7) is 25.7. The van der Waals surface area contributed by atoms with Crippen LogP contribution in [0.5, 0.6) is 0 Å². The van der Waals surface area contributed by atoms with Crippen LogP contribution < -0.4 is 5.32 Å². The largest absolute Gasteiger partial charge is 0.520 e. The summed E-state index contributed by atoms with van der Waals surface area (Å²) in [5.41, 5.74) is 0. The van der Waals surface area contributed by atoms with Crippen molar-refractivity contribution in [3.8, 4) is 0 Å². The van der Waals surface area contributed by atoms with E-state index in [-0.39, 0.29) is 102 Å². The minimum atomic E-state index is -0.667. The van der Waals surface area contributed by atoms with Crippen molar-refractivity contribution in [3.63, 3.8) is 0 Å². The second-order valence-corrected chi connectivity index (χ2v) is 19.1. The maximum absolute atomic E-state index is 11.0. The number of thioether (sulfide) groups is 3. The van der Waals surface area contributed by atoms with Gasteiger partial charge in [0.05, 0.1) is 0 Å². The summed E-state index contributed by atoms with van der Waals surface area (Å²) < 4.78 is 0. The number of likely N-dealkylation sites (tertiary alicyclic amines) is 1. The Kier molecular flexibility index (Phi) is 113. The molecule has 4 aromatic rings. The third-order valence-corrected chi connectivity index (χ3v) is 9.10.